The minimum Gasteiger partial charge on any atom is -0.381 e. The van der Waals surface area contributed by atoms with Crippen molar-refractivity contribution in [3.05, 3.63) is 75.3 Å². The van der Waals surface area contributed by atoms with Crippen molar-refractivity contribution >= 4 is 46.2 Å². The highest BCUT2D eigenvalue weighted by Gasteiger charge is 2.21. The molecule has 0 saturated carbocycles. The van der Waals surface area contributed by atoms with E-state index in [1.165, 1.54) is 11.1 Å². The lowest BCUT2D eigenvalue weighted by atomic mass is 9.96. The number of hydrogen-bond acceptors (Lipinski definition) is 3. The third-order valence-corrected chi connectivity index (χ3v) is 6.27. The molecule has 0 bridgehead atoms. The number of nitrogens with two attached hydrogens (primary N) is 2. The first-order valence-electron chi connectivity index (χ1n) is 10.2. The van der Waals surface area contributed by atoms with Crippen LogP contribution in [0, 0.1) is 6.92 Å². The van der Waals surface area contributed by atoms with Crippen LogP contribution >= 0.6 is 23.2 Å². The molecule has 0 amide bonds. The van der Waals surface area contributed by atoms with Crippen molar-refractivity contribution in [2.75, 3.05) is 23.7 Å². The van der Waals surface area contributed by atoms with E-state index < -0.39 is 0 Å². The quantitative estimate of drug-likeness (QED) is 0.233. The number of rotatable bonds is 5. The summed E-state index contributed by atoms with van der Waals surface area (Å²) in [7, 11) is 0. The fourth-order valence-electron chi connectivity index (χ4n) is 3.88. The van der Waals surface area contributed by atoms with E-state index in [1.54, 1.807) is 0 Å². The highest BCUT2D eigenvalue weighted by Crippen LogP contribution is 2.45. The van der Waals surface area contributed by atoms with Gasteiger partial charge in [-0.05, 0) is 66.3 Å². The second kappa shape index (κ2) is 9.08. The van der Waals surface area contributed by atoms with Crippen molar-refractivity contribution in [2.45, 2.75) is 19.8 Å². The molecule has 4 rings (SSSR count). The molecule has 160 valence electrons. The number of nitrogens with one attached hydrogen (secondary N) is 2. The zero-order valence-corrected chi connectivity index (χ0v) is 18.8. The maximum Gasteiger partial charge on any atom is 0.185 e. The maximum absolute atomic E-state index is 7.00. The Morgan fingerprint density at radius 3 is 2.61 bits per heavy atom. The van der Waals surface area contributed by atoms with Gasteiger partial charge in [0.05, 0.1) is 22.9 Å². The van der Waals surface area contributed by atoms with E-state index in [-0.39, 0.29) is 5.96 Å². The van der Waals surface area contributed by atoms with Gasteiger partial charge in [0.25, 0.3) is 0 Å². The van der Waals surface area contributed by atoms with Crippen LogP contribution in [-0.2, 0) is 12.8 Å². The van der Waals surface area contributed by atoms with Gasteiger partial charge in [0.15, 0.2) is 5.96 Å². The molecule has 1 aliphatic heterocycles. The summed E-state index contributed by atoms with van der Waals surface area (Å²) >= 11 is 13.3. The molecule has 0 aliphatic carbocycles. The van der Waals surface area contributed by atoms with Gasteiger partial charge in [-0.15, -0.1) is 0 Å². The number of anilines is 3. The molecule has 0 fully saturated rings. The van der Waals surface area contributed by atoms with E-state index in [1.807, 2.05) is 25.1 Å². The Hall–Kier alpha value is -2.89. The second-order valence-electron chi connectivity index (χ2n) is 7.63. The van der Waals surface area contributed by atoms with Gasteiger partial charge in [0, 0.05) is 22.8 Å². The van der Waals surface area contributed by atoms with E-state index in [2.05, 4.69) is 46.0 Å². The van der Waals surface area contributed by atoms with Gasteiger partial charge in [-0.3, -0.25) is 4.99 Å². The third kappa shape index (κ3) is 4.58. The summed E-state index contributed by atoms with van der Waals surface area (Å²) in [5, 5.41) is 8.39. The van der Waals surface area contributed by atoms with Crippen LogP contribution in [0.1, 0.15) is 16.7 Å². The molecule has 0 aromatic heterocycles. The average molecular weight is 454 g/mol. The molecule has 0 unspecified atom stereocenters. The molecule has 1 heterocycles. The van der Waals surface area contributed by atoms with Crippen LogP contribution in [-0.4, -0.2) is 19.0 Å². The molecule has 5 nitrogen and oxygen atoms in total. The summed E-state index contributed by atoms with van der Waals surface area (Å²) < 4.78 is 0. The number of fused-ring (bicyclic) bond motifs is 2. The van der Waals surface area contributed by atoms with Crippen LogP contribution in [0.15, 0.2) is 53.5 Å². The molecule has 7 heteroatoms. The molecule has 6 N–H and O–H groups in total. The number of hydrogen-bond donors (Lipinski definition) is 4. The van der Waals surface area contributed by atoms with Crippen molar-refractivity contribution in [3.8, 4) is 11.1 Å². The van der Waals surface area contributed by atoms with E-state index in [0.717, 1.165) is 51.6 Å². The summed E-state index contributed by atoms with van der Waals surface area (Å²) in [4.78, 5) is 4.06. The highest BCUT2D eigenvalue weighted by atomic mass is 35.5. The van der Waals surface area contributed by atoms with Gasteiger partial charge in [-0.2, -0.15) is 0 Å². The van der Waals surface area contributed by atoms with Gasteiger partial charge < -0.3 is 22.1 Å². The number of guanidine groups is 1. The second-order valence-corrected chi connectivity index (χ2v) is 8.41. The molecule has 0 atom stereocenters. The van der Waals surface area contributed by atoms with Crippen molar-refractivity contribution in [1.82, 2.24) is 0 Å². The van der Waals surface area contributed by atoms with Crippen molar-refractivity contribution in [3.63, 3.8) is 0 Å². The Bertz CT molecular complexity index is 1150. The first-order chi connectivity index (χ1) is 14.9. The Morgan fingerprint density at radius 2 is 1.84 bits per heavy atom. The standard InChI is InChI=1S/C24H25Cl2N5/c1-14-12-16(8-9-19(14)25)18-13-17-7-6-15-4-2-3-5-20(15)31-22(17)21(26)23(18)29-10-11-30-24(27)28/h2-5,8-9,12-13,29,31H,6-7,10-11H2,1H3,(H4,27,28,30). The Kier molecular flexibility index (Phi) is 6.25. The van der Waals surface area contributed by atoms with Gasteiger partial charge in [-0.25, -0.2) is 0 Å². The van der Waals surface area contributed by atoms with Crippen LogP contribution in [0.4, 0.5) is 17.1 Å². The van der Waals surface area contributed by atoms with Gasteiger partial charge in [0.1, 0.15) is 0 Å². The topological polar surface area (TPSA) is 88.5 Å². The van der Waals surface area contributed by atoms with Gasteiger partial charge in [0.2, 0.25) is 0 Å². The Balaban J connectivity index is 1.81. The van der Waals surface area contributed by atoms with Crippen molar-refractivity contribution < 1.29 is 0 Å². The molecule has 1 aliphatic rings. The normalized spacial score (nSPS) is 12.2. The lowest BCUT2D eigenvalue weighted by Gasteiger charge is -2.20. The van der Waals surface area contributed by atoms with E-state index in [9.17, 15) is 0 Å². The molecular weight excluding hydrogens is 429 g/mol. The summed E-state index contributed by atoms with van der Waals surface area (Å²) in [6, 6.07) is 16.6. The van der Waals surface area contributed by atoms with Crippen LogP contribution in [0.3, 0.4) is 0 Å². The first kappa shape index (κ1) is 21.3. The summed E-state index contributed by atoms with van der Waals surface area (Å²) in [5.41, 5.74) is 19.3. The SMILES string of the molecule is Cc1cc(-c2cc3c(c(Cl)c2NCCN=C(N)N)Nc2ccccc2CC3)ccc1Cl. The summed E-state index contributed by atoms with van der Waals surface area (Å²) in [6.07, 6.45) is 1.84. The molecule has 0 spiro atoms. The number of nitrogens with zero attached hydrogens (tertiary/aromatic N) is 1. The highest BCUT2D eigenvalue weighted by molar-refractivity contribution is 6.37. The molecule has 0 radical (unpaired) electrons. The zero-order valence-electron chi connectivity index (χ0n) is 17.3. The lowest BCUT2D eigenvalue weighted by Crippen LogP contribution is -2.24. The number of para-hydroxylation sites is 1. The Morgan fingerprint density at radius 1 is 1.06 bits per heavy atom. The molecule has 31 heavy (non-hydrogen) atoms. The largest absolute Gasteiger partial charge is 0.381 e. The zero-order chi connectivity index (χ0) is 22.0. The first-order valence-corrected chi connectivity index (χ1v) is 11.0. The molecular formula is C24H25Cl2N5. The minimum atomic E-state index is 0.0710. The van der Waals surface area contributed by atoms with Crippen LogP contribution < -0.4 is 22.1 Å². The van der Waals surface area contributed by atoms with E-state index in [0.29, 0.717) is 18.1 Å². The monoisotopic (exact) mass is 453 g/mol. The fraction of sp³-hybridized carbons (Fsp3) is 0.208. The van der Waals surface area contributed by atoms with Crippen LogP contribution in [0.2, 0.25) is 10.0 Å². The van der Waals surface area contributed by atoms with Crippen LogP contribution in [0.25, 0.3) is 11.1 Å². The molecule has 0 saturated heterocycles. The van der Waals surface area contributed by atoms with Crippen molar-refractivity contribution in [1.29, 1.82) is 0 Å². The lowest BCUT2D eigenvalue weighted by molar-refractivity contribution is 0.977. The average Bonchev–Trinajstić information content (AvgIpc) is 2.94. The number of benzene rings is 3. The predicted molar refractivity (Wildman–Crippen MR) is 133 cm³/mol. The van der Waals surface area contributed by atoms with E-state index in [4.69, 9.17) is 34.7 Å². The molecule has 3 aromatic carbocycles. The number of halogens is 2. The van der Waals surface area contributed by atoms with Crippen molar-refractivity contribution in [2.24, 2.45) is 16.5 Å². The number of aliphatic imine (C=N–C) groups is 1. The smallest absolute Gasteiger partial charge is 0.185 e. The van der Waals surface area contributed by atoms with Gasteiger partial charge in [-0.1, -0.05) is 47.5 Å². The van der Waals surface area contributed by atoms with Crippen LogP contribution in [0.5, 0.6) is 0 Å². The number of aryl methyl sites for hydroxylation is 3. The molecule has 3 aromatic rings. The Labute approximate surface area is 192 Å². The maximum atomic E-state index is 7.00. The summed E-state index contributed by atoms with van der Waals surface area (Å²) in [5.74, 6) is 0.0710. The fourth-order valence-corrected chi connectivity index (χ4v) is 4.33. The predicted octanol–water partition coefficient (Wildman–Crippen LogP) is 5.50. The minimum absolute atomic E-state index is 0.0710. The van der Waals surface area contributed by atoms with Gasteiger partial charge >= 0.3 is 0 Å². The van der Waals surface area contributed by atoms with E-state index >= 15 is 0 Å². The third-order valence-electron chi connectivity index (χ3n) is 5.47. The summed E-state index contributed by atoms with van der Waals surface area (Å²) in [6.45, 7) is 3.00.